The van der Waals surface area contributed by atoms with Crippen LogP contribution in [-0.2, 0) is 11.3 Å². The van der Waals surface area contributed by atoms with Gasteiger partial charge >= 0.3 is 0 Å². The lowest BCUT2D eigenvalue weighted by molar-refractivity contribution is -0.0459. The van der Waals surface area contributed by atoms with Gasteiger partial charge in [0.2, 0.25) is 0 Å². The zero-order valence-corrected chi connectivity index (χ0v) is 12.9. The Labute approximate surface area is 121 Å². The largest absolute Gasteiger partial charge is 0.398 e. The van der Waals surface area contributed by atoms with E-state index in [9.17, 15) is 4.79 Å². The first-order chi connectivity index (χ1) is 8.97. The quantitative estimate of drug-likeness (QED) is 0.908. The van der Waals surface area contributed by atoms with Crippen LogP contribution in [0.15, 0.2) is 21.5 Å². The van der Waals surface area contributed by atoms with E-state index in [0.717, 1.165) is 13.1 Å². The summed E-state index contributed by atoms with van der Waals surface area (Å²) in [6, 6.07) is 2.12. The number of ether oxygens (including phenoxy) is 1. The minimum Gasteiger partial charge on any atom is -0.398 e. The van der Waals surface area contributed by atoms with Crippen molar-refractivity contribution in [1.82, 2.24) is 9.47 Å². The maximum atomic E-state index is 12.0. The number of hydrogen-bond donors (Lipinski definition) is 1. The van der Waals surface area contributed by atoms with Crippen molar-refractivity contribution in [3.63, 3.8) is 0 Å². The van der Waals surface area contributed by atoms with E-state index >= 15 is 0 Å². The Morgan fingerprint density at radius 1 is 1.58 bits per heavy atom. The van der Waals surface area contributed by atoms with Gasteiger partial charge in [-0.05, 0) is 35.8 Å². The third kappa shape index (κ3) is 3.58. The van der Waals surface area contributed by atoms with Crippen molar-refractivity contribution >= 4 is 21.6 Å². The van der Waals surface area contributed by atoms with Gasteiger partial charge in [0.15, 0.2) is 0 Å². The smallest absolute Gasteiger partial charge is 0.265 e. The Morgan fingerprint density at radius 3 is 3.00 bits per heavy atom. The van der Waals surface area contributed by atoms with Crippen LogP contribution in [0.3, 0.4) is 0 Å². The summed E-state index contributed by atoms with van der Waals surface area (Å²) in [4.78, 5) is 14.4. The van der Waals surface area contributed by atoms with Crippen LogP contribution in [0, 0.1) is 0 Å². The molecule has 0 aromatic carbocycles. The van der Waals surface area contributed by atoms with Crippen molar-refractivity contribution in [3.8, 4) is 0 Å². The summed E-state index contributed by atoms with van der Waals surface area (Å²) in [7, 11) is 0. The van der Waals surface area contributed by atoms with Crippen molar-refractivity contribution in [2.45, 2.75) is 32.5 Å². The molecular formula is C13H20BrN3O2. The molecule has 1 aliphatic rings. The van der Waals surface area contributed by atoms with E-state index in [0.29, 0.717) is 29.4 Å². The highest BCUT2D eigenvalue weighted by molar-refractivity contribution is 9.10. The Hall–Kier alpha value is -0.850. The molecule has 1 aromatic heterocycles. The average molecular weight is 330 g/mol. The Balaban J connectivity index is 2.11. The van der Waals surface area contributed by atoms with Gasteiger partial charge in [-0.1, -0.05) is 0 Å². The molecule has 1 aliphatic heterocycles. The Morgan fingerprint density at radius 2 is 2.32 bits per heavy atom. The summed E-state index contributed by atoms with van der Waals surface area (Å²) in [6.45, 7) is 7.38. The molecule has 0 radical (unpaired) electrons. The molecule has 0 amide bonds. The van der Waals surface area contributed by atoms with Crippen LogP contribution in [-0.4, -0.2) is 41.3 Å². The molecule has 106 valence electrons. The van der Waals surface area contributed by atoms with E-state index in [1.807, 2.05) is 0 Å². The van der Waals surface area contributed by atoms with E-state index in [2.05, 4.69) is 34.7 Å². The molecule has 1 atom stereocenters. The van der Waals surface area contributed by atoms with Gasteiger partial charge < -0.3 is 15.0 Å². The fourth-order valence-electron chi connectivity index (χ4n) is 2.30. The monoisotopic (exact) mass is 329 g/mol. The average Bonchev–Trinajstić information content (AvgIpc) is 2.35. The molecule has 5 nitrogen and oxygen atoms in total. The molecule has 2 N–H and O–H groups in total. The predicted molar refractivity (Wildman–Crippen MR) is 79.3 cm³/mol. The van der Waals surface area contributed by atoms with Crippen molar-refractivity contribution in [2.75, 3.05) is 25.4 Å². The molecule has 1 aromatic rings. The SMILES string of the molecule is CC(C)N1CCOC(Cn2cc(N)cc(Br)c2=O)C1. The van der Waals surface area contributed by atoms with E-state index < -0.39 is 0 Å². The van der Waals surface area contributed by atoms with Crippen molar-refractivity contribution in [1.29, 1.82) is 0 Å². The number of pyridine rings is 1. The molecule has 0 aliphatic carbocycles. The summed E-state index contributed by atoms with van der Waals surface area (Å²) < 4.78 is 7.85. The van der Waals surface area contributed by atoms with Gasteiger partial charge in [-0.2, -0.15) is 0 Å². The molecule has 0 saturated carbocycles. The van der Waals surface area contributed by atoms with E-state index in [1.165, 1.54) is 0 Å². The molecule has 0 spiro atoms. The zero-order chi connectivity index (χ0) is 14.0. The van der Waals surface area contributed by atoms with Gasteiger partial charge in [0, 0.05) is 31.0 Å². The lowest BCUT2D eigenvalue weighted by atomic mass is 10.2. The van der Waals surface area contributed by atoms with Gasteiger partial charge in [0.05, 0.1) is 23.7 Å². The van der Waals surface area contributed by atoms with Gasteiger partial charge in [0.1, 0.15) is 0 Å². The molecule has 2 heterocycles. The number of morpholine rings is 1. The topological polar surface area (TPSA) is 60.5 Å². The predicted octanol–water partition coefficient (Wildman–Crippen LogP) is 1.30. The molecule has 2 rings (SSSR count). The molecule has 1 saturated heterocycles. The van der Waals surface area contributed by atoms with Gasteiger partial charge in [-0.15, -0.1) is 0 Å². The fourth-order valence-corrected chi connectivity index (χ4v) is 2.79. The molecule has 1 fully saturated rings. The third-order valence-corrected chi connectivity index (χ3v) is 3.93. The van der Waals surface area contributed by atoms with Gasteiger partial charge in [-0.25, -0.2) is 0 Å². The normalized spacial score (nSPS) is 20.9. The van der Waals surface area contributed by atoms with E-state index in [-0.39, 0.29) is 11.7 Å². The zero-order valence-electron chi connectivity index (χ0n) is 11.3. The van der Waals surface area contributed by atoms with Crippen LogP contribution in [0.4, 0.5) is 5.69 Å². The number of nitrogen functional groups attached to an aromatic ring is 1. The summed E-state index contributed by atoms with van der Waals surface area (Å²) in [6.07, 6.45) is 1.70. The number of anilines is 1. The first kappa shape index (κ1) is 14.6. The number of nitrogens with two attached hydrogens (primary N) is 1. The lowest BCUT2D eigenvalue weighted by Gasteiger charge is -2.35. The number of halogens is 1. The maximum Gasteiger partial charge on any atom is 0.265 e. The second-order valence-corrected chi connectivity index (χ2v) is 6.01. The number of nitrogens with zero attached hydrogens (tertiary/aromatic N) is 2. The third-order valence-electron chi connectivity index (χ3n) is 3.36. The van der Waals surface area contributed by atoms with Crippen LogP contribution in [0.5, 0.6) is 0 Å². The molecule has 19 heavy (non-hydrogen) atoms. The summed E-state index contributed by atoms with van der Waals surface area (Å²) in [5, 5.41) is 0. The number of rotatable bonds is 3. The van der Waals surface area contributed by atoms with Crippen LogP contribution >= 0.6 is 15.9 Å². The van der Waals surface area contributed by atoms with Gasteiger partial charge in [-0.3, -0.25) is 9.69 Å². The molecule has 6 heteroatoms. The summed E-state index contributed by atoms with van der Waals surface area (Å²) >= 11 is 3.23. The van der Waals surface area contributed by atoms with Gasteiger partial charge in [0.25, 0.3) is 5.56 Å². The first-order valence-corrected chi connectivity index (χ1v) is 7.28. The number of hydrogen-bond acceptors (Lipinski definition) is 4. The van der Waals surface area contributed by atoms with Crippen molar-refractivity contribution in [3.05, 3.63) is 27.1 Å². The highest BCUT2D eigenvalue weighted by atomic mass is 79.9. The van der Waals surface area contributed by atoms with Crippen LogP contribution in [0.25, 0.3) is 0 Å². The van der Waals surface area contributed by atoms with E-state index in [1.54, 1.807) is 16.8 Å². The molecule has 0 bridgehead atoms. The fraction of sp³-hybridized carbons (Fsp3) is 0.615. The van der Waals surface area contributed by atoms with Crippen LogP contribution < -0.4 is 11.3 Å². The van der Waals surface area contributed by atoms with Crippen LogP contribution in [0.1, 0.15) is 13.8 Å². The van der Waals surface area contributed by atoms with E-state index in [4.69, 9.17) is 10.5 Å². The summed E-state index contributed by atoms with van der Waals surface area (Å²) in [5.74, 6) is 0. The van der Waals surface area contributed by atoms with Crippen molar-refractivity contribution < 1.29 is 4.74 Å². The maximum absolute atomic E-state index is 12.0. The Bertz CT molecular complexity index is 501. The van der Waals surface area contributed by atoms with Crippen LogP contribution in [0.2, 0.25) is 0 Å². The second kappa shape index (κ2) is 6.07. The highest BCUT2D eigenvalue weighted by Crippen LogP contribution is 2.12. The second-order valence-electron chi connectivity index (χ2n) is 5.16. The Kier molecular flexibility index (Phi) is 4.65. The highest BCUT2D eigenvalue weighted by Gasteiger charge is 2.23. The summed E-state index contributed by atoms with van der Waals surface area (Å²) in [5.41, 5.74) is 6.27. The molecular weight excluding hydrogens is 310 g/mol. The number of aromatic nitrogens is 1. The minimum atomic E-state index is -0.0699. The first-order valence-electron chi connectivity index (χ1n) is 6.48. The lowest BCUT2D eigenvalue weighted by Crippen LogP contribution is -2.47. The van der Waals surface area contributed by atoms with Crippen molar-refractivity contribution in [2.24, 2.45) is 0 Å². The minimum absolute atomic E-state index is 0.0301. The standard InChI is InChI=1S/C13H20BrN3O2/c1-9(2)16-3-4-19-11(7-16)8-17-6-10(15)5-12(14)13(17)18/h5-6,9,11H,3-4,7-8,15H2,1-2H3. The molecule has 1 unspecified atom stereocenters.